The lowest BCUT2D eigenvalue weighted by molar-refractivity contribution is -0.135. The summed E-state index contributed by atoms with van der Waals surface area (Å²) in [6.07, 6.45) is 3.75. The number of ether oxygens (including phenoxy) is 2. The fourth-order valence-corrected chi connectivity index (χ4v) is 6.97. The number of piperidine rings is 1. The van der Waals surface area contributed by atoms with Gasteiger partial charge >= 0.3 is 5.69 Å². The fraction of sp³-hybridized carbons (Fsp3) is 0.333. The average molecular weight is 853 g/mol. The molecule has 2 aromatic carbocycles. The molecule has 5 heterocycles. The van der Waals surface area contributed by atoms with E-state index in [2.05, 4.69) is 36.3 Å². The van der Waals surface area contributed by atoms with Gasteiger partial charge in [-0.1, -0.05) is 12.1 Å². The van der Waals surface area contributed by atoms with Gasteiger partial charge in [0.1, 0.15) is 18.1 Å². The first-order valence-corrected chi connectivity index (χ1v) is 20.1. The summed E-state index contributed by atoms with van der Waals surface area (Å²) in [5.41, 5.74) is 1.15. The van der Waals surface area contributed by atoms with Gasteiger partial charge in [-0.3, -0.25) is 33.6 Å². The smallest absolute Gasteiger partial charge is 0.329 e. The molecule has 20 heteroatoms. The van der Waals surface area contributed by atoms with Gasteiger partial charge in [0.25, 0.3) is 18.2 Å². The summed E-state index contributed by atoms with van der Waals surface area (Å²) in [6, 6.07) is 15.9. The zero-order valence-corrected chi connectivity index (χ0v) is 33.2. The molecule has 4 N–H and O–H groups in total. The van der Waals surface area contributed by atoms with E-state index in [-0.39, 0.29) is 87.1 Å². The van der Waals surface area contributed by atoms with Crippen LogP contribution in [0, 0.1) is 5.92 Å². The maximum Gasteiger partial charge on any atom is 0.329 e. The van der Waals surface area contributed by atoms with Crippen molar-refractivity contribution in [2.75, 3.05) is 50.2 Å². The van der Waals surface area contributed by atoms with E-state index in [4.69, 9.17) is 13.9 Å². The van der Waals surface area contributed by atoms with Gasteiger partial charge in [-0.25, -0.2) is 28.2 Å². The second-order valence-electron chi connectivity index (χ2n) is 14.7. The molecule has 1 unspecified atom stereocenters. The quantitative estimate of drug-likeness (QED) is 0.0655. The number of oxazole rings is 1. The first-order valence-electron chi connectivity index (χ1n) is 20.1. The van der Waals surface area contributed by atoms with Crippen molar-refractivity contribution in [1.82, 2.24) is 39.5 Å². The molecular weight excluding hydrogens is 811 g/mol. The van der Waals surface area contributed by atoms with Crippen LogP contribution in [0.15, 0.2) is 88.5 Å². The number of para-hydroxylation sites is 2. The number of benzene rings is 2. The van der Waals surface area contributed by atoms with Gasteiger partial charge < -0.3 is 29.8 Å². The molecule has 1 saturated carbocycles. The molecular formula is C42H42F2N10O8. The van der Waals surface area contributed by atoms with E-state index in [1.54, 1.807) is 47.2 Å². The maximum atomic E-state index is 14.0. The normalized spacial score (nSPS) is 15.2. The lowest BCUT2D eigenvalue weighted by atomic mass is 10.1. The molecule has 1 aliphatic carbocycles. The number of alkyl halides is 2. The summed E-state index contributed by atoms with van der Waals surface area (Å²) in [6.45, 7) is 2.11. The van der Waals surface area contributed by atoms with Crippen LogP contribution < -0.4 is 27.0 Å². The van der Waals surface area contributed by atoms with E-state index in [1.807, 2.05) is 0 Å². The minimum atomic E-state index is -3.00. The van der Waals surface area contributed by atoms with Crippen molar-refractivity contribution < 1.29 is 41.8 Å². The van der Waals surface area contributed by atoms with Crippen LogP contribution in [-0.4, -0.2) is 92.0 Å². The highest BCUT2D eigenvalue weighted by Gasteiger charge is 2.31. The predicted molar refractivity (Wildman–Crippen MR) is 219 cm³/mol. The largest absolute Gasteiger partial charge is 0.444 e. The molecule has 0 radical (unpaired) electrons. The number of hydrogen-bond acceptors (Lipinski definition) is 12. The first kappa shape index (κ1) is 41.7. The Hall–Kier alpha value is -7.06. The third-order valence-electron chi connectivity index (χ3n) is 10.4. The molecule has 62 heavy (non-hydrogen) atoms. The average Bonchev–Trinajstić information content (AvgIpc) is 3.66. The summed E-state index contributed by atoms with van der Waals surface area (Å²) in [7, 11) is 0. The Morgan fingerprint density at radius 1 is 0.935 bits per heavy atom. The fourth-order valence-electron chi connectivity index (χ4n) is 6.97. The number of pyridine rings is 1. The number of hydrogen-bond donors (Lipinski definition) is 4. The van der Waals surface area contributed by atoms with Gasteiger partial charge in [-0.15, -0.1) is 0 Å². The van der Waals surface area contributed by atoms with Crippen molar-refractivity contribution in [2.45, 2.75) is 44.7 Å². The van der Waals surface area contributed by atoms with Gasteiger partial charge in [-0.2, -0.15) is 5.10 Å². The SMILES string of the molecule is O=C1CCC(n2c(=O)n(CCOCCOCCNC(=O)c3ccc(-n4cc(NC(=O)c5coc(-c6ccnc(NCC7CC7)c6)n5)c(C(F)F)n4)cc3)c3ccccc32)C(=O)N1. The molecule has 18 nitrogen and oxygen atoms in total. The molecule has 1 saturated heterocycles. The molecule has 2 aliphatic rings. The van der Waals surface area contributed by atoms with Crippen LogP contribution in [0.5, 0.6) is 0 Å². The van der Waals surface area contributed by atoms with E-state index in [1.165, 1.54) is 52.6 Å². The molecule has 2 fully saturated rings. The topological polar surface area (TPSA) is 219 Å². The molecule has 6 aromatic rings. The summed E-state index contributed by atoms with van der Waals surface area (Å²) in [5, 5.41) is 14.8. The zero-order valence-electron chi connectivity index (χ0n) is 33.2. The third kappa shape index (κ3) is 9.60. The Morgan fingerprint density at radius 3 is 2.47 bits per heavy atom. The Morgan fingerprint density at radius 2 is 1.71 bits per heavy atom. The lowest BCUT2D eigenvalue weighted by Gasteiger charge is -2.21. The van der Waals surface area contributed by atoms with Gasteiger partial charge in [0.15, 0.2) is 11.4 Å². The highest BCUT2D eigenvalue weighted by molar-refractivity contribution is 6.03. The van der Waals surface area contributed by atoms with Crippen molar-refractivity contribution in [2.24, 2.45) is 5.92 Å². The molecule has 322 valence electrons. The van der Waals surface area contributed by atoms with Gasteiger partial charge in [-0.05, 0) is 73.7 Å². The zero-order chi connectivity index (χ0) is 43.2. The molecule has 0 spiro atoms. The minimum Gasteiger partial charge on any atom is -0.444 e. The van der Waals surface area contributed by atoms with Crippen LogP contribution in [0.4, 0.5) is 20.3 Å². The van der Waals surface area contributed by atoms with Crippen molar-refractivity contribution in [1.29, 1.82) is 0 Å². The van der Waals surface area contributed by atoms with Crippen molar-refractivity contribution in [3.05, 3.63) is 107 Å². The van der Waals surface area contributed by atoms with Crippen molar-refractivity contribution in [3.63, 3.8) is 0 Å². The first-order chi connectivity index (χ1) is 30.1. The highest BCUT2D eigenvalue weighted by atomic mass is 19.3. The van der Waals surface area contributed by atoms with E-state index in [0.29, 0.717) is 39.6 Å². The van der Waals surface area contributed by atoms with Crippen LogP contribution in [0.2, 0.25) is 0 Å². The number of anilines is 2. The van der Waals surface area contributed by atoms with Crippen molar-refractivity contribution in [3.8, 4) is 17.1 Å². The van der Waals surface area contributed by atoms with Crippen LogP contribution in [0.25, 0.3) is 28.2 Å². The summed E-state index contributed by atoms with van der Waals surface area (Å²) in [4.78, 5) is 71.9. The van der Waals surface area contributed by atoms with E-state index < -0.39 is 30.0 Å². The van der Waals surface area contributed by atoms with Crippen LogP contribution in [0.3, 0.4) is 0 Å². The number of aromatic nitrogens is 6. The lowest BCUT2D eigenvalue weighted by Crippen LogP contribution is -2.44. The third-order valence-corrected chi connectivity index (χ3v) is 10.4. The van der Waals surface area contributed by atoms with Crippen molar-refractivity contribution >= 4 is 46.2 Å². The Labute approximate surface area is 351 Å². The van der Waals surface area contributed by atoms with Gasteiger partial charge in [0, 0.05) is 36.8 Å². The second kappa shape index (κ2) is 18.7. The number of imide groups is 1. The summed E-state index contributed by atoms with van der Waals surface area (Å²) in [5.74, 6) is -0.557. The second-order valence-corrected chi connectivity index (χ2v) is 14.7. The van der Waals surface area contributed by atoms with Crippen LogP contribution >= 0.6 is 0 Å². The minimum absolute atomic E-state index is 0.118. The Balaban J connectivity index is 0.774. The number of amides is 4. The van der Waals surface area contributed by atoms with E-state index >= 15 is 0 Å². The number of nitrogens with zero attached hydrogens (tertiary/aromatic N) is 6. The maximum absolute atomic E-state index is 14.0. The number of imidazole rings is 1. The molecule has 4 aromatic heterocycles. The molecule has 1 atom stereocenters. The van der Waals surface area contributed by atoms with Crippen LogP contribution in [-0.2, 0) is 25.6 Å². The van der Waals surface area contributed by atoms with Gasteiger partial charge in [0.05, 0.1) is 61.6 Å². The number of carbonyl (C=O) groups excluding carboxylic acids is 4. The van der Waals surface area contributed by atoms with E-state index in [9.17, 15) is 32.8 Å². The number of halogens is 2. The molecule has 1 aliphatic heterocycles. The predicted octanol–water partition coefficient (Wildman–Crippen LogP) is 4.49. The number of nitrogens with one attached hydrogen (secondary N) is 4. The monoisotopic (exact) mass is 852 g/mol. The molecule has 0 bridgehead atoms. The molecule has 4 amide bonds. The summed E-state index contributed by atoms with van der Waals surface area (Å²) >= 11 is 0. The summed E-state index contributed by atoms with van der Waals surface area (Å²) < 4.78 is 49.0. The molecule has 8 rings (SSSR count). The van der Waals surface area contributed by atoms with Crippen LogP contribution in [0.1, 0.15) is 64.7 Å². The Kier molecular flexibility index (Phi) is 12.6. The van der Waals surface area contributed by atoms with Gasteiger partial charge in [0.2, 0.25) is 17.7 Å². The highest BCUT2D eigenvalue weighted by Crippen LogP contribution is 2.30. The van der Waals surface area contributed by atoms with E-state index in [0.717, 1.165) is 12.8 Å². The number of rotatable bonds is 19. The number of fused-ring (bicyclic) bond motifs is 1. The number of carbonyl (C=O) groups is 4. The Bertz CT molecular complexity index is 2650. The standard InChI is InChI=1S/C42H42F2N10O8/c43-37(44)36-29(48-39(57)30-24-62-41(49-30)27-13-14-45-34(21-27)47-22-25-5-6-25)23-53(51-36)28-9-7-26(8-10-28)38(56)46-15-17-60-19-20-61-18-16-52-31-3-1-2-4-32(31)54(42(52)59)33-11-12-35(55)50-40(33)58/h1-4,7-10,13-14,21,23-25,33,37H,5-6,11-12,15-20,22H2,(H,45,47)(H,46,56)(H,48,57)(H,50,55,58).